The lowest BCUT2D eigenvalue weighted by molar-refractivity contribution is 0.167. The zero-order valence-electron chi connectivity index (χ0n) is 9.72. The Bertz CT molecular complexity index is 366. The van der Waals surface area contributed by atoms with Crippen LogP contribution >= 0.6 is 15.9 Å². The zero-order chi connectivity index (χ0) is 12.0. The van der Waals surface area contributed by atoms with Crippen LogP contribution in [0.4, 0.5) is 5.82 Å². The first kappa shape index (κ1) is 13.2. The third-order valence-corrected chi connectivity index (χ3v) is 2.78. The monoisotopic (exact) mass is 284 g/mol. The average Bonchev–Trinajstić information content (AvgIpc) is 2.22. The van der Waals surface area contributed by atoms with Gasteiger partial charge in [-0.2, -0.15) is 0 Å². The van der Waals surface area contributed by atoms with Crippen LogP contribution < -0.4 is 5.32 Å². The van der Waals surface area contributed by atoms with Gasteiger partial charge in [0.15, 0.2) is 0 Å². The number of pyridine rings is 1. The van der Waals surface area contributed by atoms with Crippen molar-refractivity contribution in [2.75, 3.05) is 25.1 Å². The number of anilines is 1. The predicted octanol–water partition coefficient (Wildman–Crippen LogP) is 3.16. The van der Waals surface area contributed by atoms with E-state index in [0.29, 0.717) is 13.2 Å². The number of rotatable bonds is 6. The van der Waals surface area contributed by atoms with Crippen molar-refractivity contribution in [1.29, 1.82) is 0 Å². The minimum absolute atomic E-state index is 0.620. The Labute approximate surface area is 105 Å². The predicted molar refractivity (Wildman–Crippen MR) is 70.8 cm³/mol. The Morgan fingerprint density at radius 3 is 3.00 bits per heavy atom. The standard InChI is InChI=1S/C12H17BrN2O/c1-9(2)8-16-5-4-14-12-6-10(3)11(13)7-15-12/h6-7H,1,4-5,8H2,2-3H3,(H,14,15). The van der Waals surface area contributed by atoms with Crippen LogP contribution in [0, 0.1) is 6.92 Å². The number of nitrogens with one attached hydrogen (secondary N) is 1. The van der Waals surface area contributed by atoms with E-state index >= 15 is 0 Å². The maximum atomic E-state index is 5.37. The third kappa shape index (κ3) is 4.77. The number of aryl methyl sites for hydroxylation is 1. The lowest BCUT2D eigenvalue weighted by atomic mass is 10.3. The van der Waals surface area contributed by atoms with Gasteiger partial charge in [-0.15, -0.1) is 0 Å². The lowest BCUT2D eigenvalue weighted by Gasteiger charge is -2.07. The number of hydrogen-bond donors (Lipinski definition) is 1. The van der Waals surface area contributed by atoms with Crippen LogP contribution in [-0.2, 0) is 4.74 Å². The molecule has 0 saturated heterocycles. The van der Waals surface area contributed by atoms with Gasteiger partial charge in [0.05, 0.1) is 13.2 Å². The smallest absolute Gasteiger partial charge is 0.126 e. The molecule has 0 aromatic carbocycles. The van der Waals surface area contributed by atoms with Crippen molar-refractivity contribution >= 4 is 21.7 Å². The van der Waals surface area contributed by atoms with Crippen molar-refractivity contribution in [3.05, 3.63) is 34.5 Å². The summed E-state index contributed by atoms with van der Waals surface area (Å²) in [7, 11) is 0. The first-order valence-electron chi connectivity index (χ1n) is 5.17. The van der Waals surface area contributed by atoms with Crippen LogP contribution in [-0.4, -0.2) is 24.7 Å². The van der Waals surface area contributed by atoms with Crippen LogP contribution in [0.5, 0.6) is 0 Å². The molecule has 0 spiro atoms. The molecule has 1 aromatic heterocycles. The number of halogens is 1. The molecule has 0 saturated carbocycles. The molecule has 1 aromatic rings. The fraction of sp³-hybridized carbons (Fsp3) is 0.417. The second-order valence-corrected chi connectivity index (χ2v) is 4.61. The summed E-state index contributed by atoms with van der Waals surface area (Å²) >= 11 is 3.41. The Morgan fingerprint density at radius 2 is 2.38 bits per heavy atom. The van der Waals surface area contributed by atoms with Gasteiger partial charge in [0.25, 0.3) is 0 Å². The van der Waals surface area contributed by atoms with E-state index in [2.05, 4.69) is 32.8 Å². The average molecular weight is 285 g/mol. The van der Waals surface area contributed by atoms with E-state index in [0.717, 1.165) is 22.4 Å². The van der Waals surface area contributed by atoms with Crippen LogP contribution in [0.3, 0.4) is 0 Å². The molecule has 0 atom stereocenters. The SMILES string of the molecule is C=C(C)COCCNc1cc(C)c(Br)cn1. The van der Waals surface area contributed by atoms with Gasteiger partial charge < -0.3 is 10.1 Å². The van der Waals surface area contributed by atoms with Gasteiger partial charge in [-0.05, 0) is 41.4 Å². The minimum Gasteiger partial charge on any atom is -0.375 e. The van der Waals surface area contributed by atoms with Gasteiger partial charge in [0.1, 0.15) is 5.82 Å². The molecule has 0 aliphatic carbocycles. The van der Waals surface area contributed by atoms with E-state index < -0.39 is 0 Å². The highest BCUT2D eigenvalue weighted by Gasteiger charge is 1.97. The van der Waals surface area contributed by atoms with Crippen LogP contribution in [0.25, 0.3) is 0 Å². The van der Waals surface area contributed by atoms with E-state index in [-0.39, 0.29) is 0 Å². The summed E-state index contributed by atoms with van der Waals surface area (Å²) < 4.78 is 6.40. The Morgan fingerprint density at radius 1 is 1.62 bits per heavy atom. The molecule has 1 rings (SSSR count). The molecule has 88 valence electrons. The molecule has 0 bridgehead atoms. The van der Waals surface area contributed by atoms with E-state index in [1.807, 2.05) is 19.9 Å². The summed E-state index contributed by atoms with van der Waals surface area (Å²) in [5.74, 6) is 0.875. The molecule has 16 heavy (non-hydrogen) atoms. The number of nitrogens with zero attached hydrogens (tertiary/aromatic N) is 1. The summed E-state index contributed by atoms with van der Waals surface area (Å²) in [4.78, 5) is 4.24. The first-order valence-corrected chi connectivity index (χ1v) is 5.97. The summed E-state index contributed by atoms with van der Waals surface area (Å²) in [6.07, 6.45) is 1.80. The maximum absolute atomic E-state index is 5.37. The van der Waals surface area contributed by atoms with E-state index in [9.17, 15) is 0 Å². The molecule has 0 unspecified atom stereocenters. The molecule has 3 nitrogen and oxygen atoms in total. The van der Waals surface area contributed by atoms with Gasteiger partial charge in [0, 0.05) is 17.2 Å². The quantitative estimate of drug-likeness (QED) is 0.644. The highest BCUT2D eigenvalue weighted by Crippen LogP contribution is 2.16. The highest BCUT2D eigenvalue weighted by molar-refractivity contribution is 9.10. The highest BCUT2D eigenvalue weighted by atomic mass is 79.9. The van der Waals surface area contributed by atoms with Crippen LogP contribution in [0.2, 0.25) is 0 Å². The second kappa shape index (κ2) is 6.66. The molecule has 4 heteroatoms. The fourth-order valence-electron chi connectivity index (χ4n) is 1.13. The van der Waals surface area contributed by atoms with Gasteiger partial charge >= 0.3 is 0 Å². The van der Waals surface area contributed by atoms with Crippen molar-refractivity contribution < 1.29 is 4.74 Å². The molecule has 1 N–H and O–H groups in total. The Hall–Kier alpha value is -0.870. The van der Waals surface area contributed by atoms with E-state index in [1.54, 1.807) is 6.20 Å². The molecular formula is C12H17BrN2O. The second-order valence-electron chi connectivity index (χ2n) is 3.76. The number of ether oxygens (including phenoxy) is 1. The van der Waals surface area contributed by atoms with Crippen LogP contribution in [0.1, 0.15) is 12.5 Å². The molecule has 0 aliphatic heterocycles. The summed E-state index contributed by atoms with van der Waals surface area (Å²) in [5.41, 5.74) is 2.21. The van der Waals surface area contributed by atoms with Crippen molar-refractivity contribution in [1.82, 2.24) is 4.98 Å². The van der Waals surface area contributed by atoms with Crippen molar-refractivity contribution in [3.63, 3.8) is 0 Å². The lowest BCUT2D eigenvalue weighted by Crippen LogP contribution is -2.11. The summed E-state index contributed by atoms with van der Waals surface area (Å²) in [6.45, 7) is 9.78. The van der Waals surface area contributed by atoms with E-state index in [1.165, 1.54) is 5.56 Å². The molecule has 1 heterocycles. The topological polar surface area (TPSA) is 34.1 Å². The van der Waals surface area contributed by atoms with Gasteiger partial charge in [-0.1, -0.05) is 12.2 Å². The summed E-state index contributed by atoms with van der Waals surface area (Å²) in [6, 6.07) is 2.00. The Balaban J connectivity index is 2.27. The van der Waals surface area contributed by atoms with E-state index in [4.69, 9.17) is 4.74 Å². The van der Waals surface area contributed by atoms with Crippen LogP contribution in [0.15, 0.2) is 28.9 Å². The zero-order valence-corrected chi connectivity index (χ0v) is 11.3. The normalized spacial score (nSPS) is 10.2. The summed E-state index contributed by atoms with van der Waals surface area (Å²) in [5, 5.41) is 3.20. The van der Waals surface area contributed by atoms with Crippen molar-refractivity contribution in [3.8, 4) is 0 Å². The first-order chi connectivity index (χ1) is 7.59. The fourth-order valence-corrected chi connectivity index (χ4v) is 1.35. The molecule has 0 radical (unpaired) electrons. The Kier molecular flexibility index (Phi) is 5.49. The largest absolute Gasteiger partial charge is 0.375 e. The number of aromatic nitrogens is 1. The molecular weight excluding hydrogens is 268 g/mol. The molecule has 0 amide bonds. The number of hydrogen-bond acceptors (Lipinski definition) is 3. The maximum Gasteiger partial charge on any atom is 0.126 e. The molecule has 0 fully saturated rings. The van der Waals surface area contributed by atoms with Crippen molar-refractivity contribution in [2.45, 2.75) is 13.8 Å². The minimum atomic E-state index is 0.620. The van der Waals surface area contributed by atoms with Gasteiger partial charge in [-0.3, -0.25) is 0 Å². The van der Waals surface area contributed by atoms with Gasteiger partial charge in [0.2, 0.25) is 0 Å². The van der Waals surface area contributed by atoms with Crippen molar-refractivity contribution in [2.24, 2.45) is 0 Å². The third-order valence-electron chi connectivity index (χ3n) is 1.95. The van der Waals surface area contributed by atoms with Gasteiger partial charge in [-0.25, -0.2) is 4.98 Å². The molecule has 0 aliphatic rings.